The second kappa shape index (κ2) is 34.5. The average molecular weight is 1380 g/mol. The Morgan fingerprint density at radius 3 is 1.93 bits per heavy atom. The summed E-state index contributed by atoms with van der Waals surface area (Å²) in [5.74, 6) is -3.92. The van der Waals surface area contributed by atoms with Crippen molar-refractivity contribution < 1.29 is 57.4 Å². The quantitative estimate of drug-likeness (QED) is 0.0946. The van der Waals surface area contributed by atoms with Crippen molar-refractivity contribution in [3.8, 4) is 5.75 Å². The Morgan fingerprint density at radius 1 is 0.612 bits per heavy atom. The summed E-state index contributed by atoms with van der Waals surface area (Å²) < 4.78 is 13.1. The molecule has 98 heavy (non-hydrogen) atoms. The van der Waals surface area contributed by atoms with Crippen LogP contribution < -0.4 is 37.1 Å². The van der Waals surface area contributed by atoms with Gasteiger partial charge >= 0.3 is 0 Å². The number of carbonyl (C=O) groups excluding carboxylic acids is 10. The number of ether oxygens (including phenoxy) is 2. The lowest BCUT2D eigenvalue weighted by Gasteiger charge is -2.37. The van der Waals surface area contributed by atoms with Crippen LogP contribution in [0.2, 0.25) is 0 Å². The molecule has 0 radical (unpaired) electrons. The van der Waals surface area contributed by atoms with Crippen LogP contribution in [0.3, 0.4) is 0 Å². The van der Waals surface area contributed by atoms with Gasteiger partial charge in [0, 0.05) is 107 Å². The number of methoxy groups -OCH3 is 2. The number of aromatic nitrogens is 1. The van der Waals surface area contributed by atoms with Crippen LogP contribution in [-0.2, 0) is 90.5 Å². The first-order valence-corrected chi connectivity index (χ1v) is 35.8. The van der Waals surface area contributed by atoms with E-state index in [2.05, 4.69) is 26.6 Å². The fraction of sp³-hybridized carbons (Fsp3) is 0.452. The molecule has 1 unspecified atom stereocenters. The molecule has 0 spiro atoms. The molecular formula is C73H91N11O12S2. The van der Waals surface area contributed by atoms with E-state index in [4.69, 9.17) is 15.2 Å². The Labute approximate surface area is 580 Å². The molecule has 522 valence electrons. The third-order valence-corrected chi connectivity index (χ3v) is 20.7. The molecule has 2 fully saturated rings. The Bertz CT molecular complexity index is 3870. The van der Waals surface area contributed by atoms with Crippen LogP contribution >= 0.6 is 23.5 Å². The summed E-state index contributed by atoms with van der Waals surface area (Å²) in [5, 5.41) is 17.2. The van der Waals surface area contributed by atoms with E-state index in [0.717, 1.165) is 32.8 Å². The number of para-hydroxylation sites is 1. The third-order valence-electron chi connectivity index (χ3n) is 18.6. The molecular weight excluding hydrogens is 1290 g/mol. The lowest BCUT2D eigenvalue weighted by Crippen LogP contribution is -2.62. The smallest absolute Gasteiger partial charge is 0.246 e. The highest BCUT2D eigenvalue weighted by molar-refractivity contribution is 7.98. The van der Waals surface area contributed by atoms with Crippen molar-refractivity contribution in [1.29, 1.82) is 0 Å². The van der Waals surface area contributed by atoms with E-state index in [1.807, 2.05) is 116 Å². The minimum Gasteiger partial charge on any atom is -0.497 e. The van der Waals surface area contributed by atoms with Gasteiger partial charge in [-0.25, -0.2) is 0 Å². The Kier molecular flexibility index (Phi) is 25.8. The SMILES string of the molecule is CCCC1NC(=O)CCSCc2cccc(c2)CSC[C@@H](C(N)=O)NC(=O)[C@@H]2CCCN2C(=O)[C@H](Cc2ccc(OC)cc2)NC(=O)[C@H]([C@@H](C)OC)N(C)C(=O)[C@@H]2CCCN2C(=O)[C@H](Cc2cn(C)c3ccccc23)NC(=O)[C@H](Cc2ccc3ccccc3c2)NC(=O)CN(C)C1=O. The molecule has 4 heterocycles. The predicted octanol–water partition coefficient (Wildman–Crippen LogP) is 4.95. The highest BCUT2D eigenvalue weighted by atomic mass is 32.2. The maximum atomic E-state index is 15.7. The molecule has 10 amide bonds. The van der Waals surface area contributed by atoms with Crippen molar-refractivity contribution in [1.82, 2.24) is 50.8 Å². The van der Waals surface area contributed by atoms with E-state index in [0.29, 0.717) is 65.4 Å². The van der Waals surface area contributed by atoms with Crippen LogP contribution in [0.15, 0.2) is 121 Å². The highest BCUT2D eigenvalue weighted by Crippen LogP contribution is 2.28. The number of hydrogen-bond donors (Lipinski definition) is 6. The molecule has 5 aromatic carbocycles. The van der Waals surface area contributed by atoms with Gasteiger partial charge in [0.15, 0.2) is 0 Å². The van der Waals surface area contributed by atoms with Crippen LogP contribution in [0.5, 0.6) is 5.75 Å². The summed E-state index contributed by atoms with van der Waals surface area (Å²) in [6.07, 6.45) is 3.03. The lowest BCUT2D eigenvalue weighted by atomic mass is 9.99. The minimum atomic E-state index is -1.39. The number of fused-ring (bicyclic) bond motifs is 6. The number of primary amides is 1. The largest absolute Gasteiger partial charge is 0.497 e. The van der Waals surface area contributed by atoms with Gasteiger partial charge in [0.1, 0.15) is 54.1 Å². The van der Waals surface area contributed by atoms with Gasteiger partial charge in [0.2, 0.25) is 59.1 Å². The number of amides is 10. The monoisotopic (exact) mass is 1380 g/mol. The van der Waals surface area contributed by atoms with Crippen LogP contribution in [-0.4, -0.2) is 197 Å². The third kappa shape index (κ3) is 18.6. The molecule has 1 aromatic heterocycles. The van der Waals surface area contributed by atoms with Crippen molar-refractivity contribution in [3.05, 3.63) is 149 Å². The zero-order valence-electron chi connectivity index (χ0n) is 56.8. The summed E-state index contributed by atoms with van der Waals surface area (Å²) in [4.78, 5) is 151. The summed E-state index contributed by atoms with van der Waals surface area (Å²) >= 11 is 2.94. The lowest BCUT2D eigenvalue weighted by molar-refractivity contribution is -0.151. The first-order chi connectivity index (χ1) is 47.1. The van der Waals surface area contributed by atoms with Crippen molar-refractivity contribution in [3.63, 3.8) is 0 Å². The summed E-state index contributed by atoms with van der Waals surface area (Å²) in [7, 11) is 7.68. The van der Waals surface area contributed by atoms with E-state index >= 15 is 24.0 Å². The number of likely N-dealkylation sites (N-methyl/N-ethyl adjacent to an activating group) is 2. The van der Waals surface area contributed by atoms with Crippen LogP contribution in [0.4, 0.5) is 0 Å². The summed E-state index contributed by atoms with van der Waals surface area (Å²) in [6, 6.07) is 26.3. The molecule has 0 saturated carbocycles. The van der Waals surface area contributed by atoms with E-state index in [1.54, 1.807) is 43.0 Å². The number of nitrogens with one attached hydrogen (secondary N) is 5. The van der Waals surface area contributed by atoms with Gasteiger partial charge in [-0.15, -0.1) is 0 Å². The normalized spacial score (nSPS) is 23.5. The number of hydrogen-bond acceptors (Lipinski definition) is 14. The fourth-order valence-electron chi connectivity index (χ4n) is 13.3. The van der Waals surface area contributed by atoms with Crippen LogP contribution in [0.25, 0.3) is 21.7 Å². The zero-order valence-corrected chi connectivity index (χ0v) is 58.4. The van der Waals surface area contributed by atoms with Crippen molar-refractivity contribution in [2.24, 2.45) is 12.8 Å². The molecule has 25 heteroatoms. The van der Waals surface area contributed by atoms with Gasteiger partial charge in [0.05, 0.1) is 19.8 Å². The molecule has 9 atom stereocenters. The molecule has 9 rings (SSSR count). The molecule has 2 bridgehead atoms. The molecule has 7 N–H and O–H groups in total. The number of aryl methyl sites for hydroxylation is 1. The second-order valence-electron chi connectivity index (χ2n) is 25.6. The van der Waals surface area contributed by atoms with E-state index in [-0.39, 0.29) is 63.3 Å². The van der Waals surface area contributed by atoms with Gasteiger partial charge in [-0.1, -0.05) is 110 Å². The topological polar surface area (TPSA) is 293 Å². The highest BCUT2D eigenvalue weighted by Gasteiger charge is 2.45. The number of nitrogens with zero attached hydrogens (tertiary/aromatic N) is 5. The molecule has 23 nitrogen and oxygen atoms in total. The van der Waals surface area contributed by atoms with Crippen molar-refractivity contribution >= 4 is 104 Å². The predicted molar refractivity (Wildman–Crippen MR) is 378 cm³/mol. The van der Waals surface area contributed by atoms with Gasteiger partial charge < -0.3 is 66.0 Å². The Morgan fingerprint density at radius 2 is 1.23 bits per heavy atom. The summed E-state index contributed by atoms with van der Waals surface area (Å²) in [6.45, 7) is 3.28. The van der Waals surface area contributed by atoms with Crippen LogP contribution in [0, 0.1) is 0 Å². The average Bonchev–Trinajstić information content (AvgIpc) is 1.68. The standard InChI is InChI=1S/C73H91N11O12S2/c1-8-16-55-70(91)81(4)41-64(86)76-56(38-47-25-28-50-19-9-10-20-51(50)36-47)67(88)77-58(39-52-40-80(3)60-22-12-11-21-54(52)60)72(93)84-33-15-24-62(84)73(94)82(5)65(45(2)95-6)69(90)78-57(37-46-26-29-53(96-7)30-27-46)71(92)83-32-14-23-61(83)68(89)79-59(66(74)87)44-98-43-49-18-13-17-48(35-49)42-97-34-31-63(85)75-55/h9-13,17-22,25-30,35-36,40,45,55-59,61-62,65H,8,14-16,23-24,31-34,37-39,41-44H2,1-7H3,(H2,74,87)(H,75,85)(H,76,86)(H,77,88)(H,78,90)(H,79,89)/t45-,55?,56+,57+,58+,59+,61+,62+,65+/m1/s1. The Hall–Kier alpha value is -8.94. The first-order valence-electron chi connectivity index (χ1n) is 33.5. The maximum absolute atomic E-state index is 15.7. The molecule has 6 aromatic rings. The number of benzene rings is 5. The van der Waals surface area contributed by atoms with E-state index in [9.17, 15) is 24.0 Å². The fourth-order valence-corrected chi connectivity index (χ4v) is 15.2. The van der Waals surface area contributed by atoms with Gasteiger partial charge in [-0.3, -0.25) is 47.9 Å². The van der Waals surface area contributed by atoms with E-state index in [1.165, 1.54) is 59.7 Å². The molecule has 0 aliphatic carbocycles. The number of carbonyl (C=O) groups is 10. The second-order valence-corrected chi connectivity index (χ2v) is 27.7. The van der Waals surface area contributed by atoms with Gasteiger partial charge in [-0.2, -0.15) is 23.5 Å². The van der Waals surface area contributed by atoms with Gasteiger partial charge in [-0.05, 0) is 95.8 Å². The molecule has 3 aliphatic heterocycles. The number of thioether (sulfide) groups is 2. The van der Waals surface area contributed by atoms with Crippen molar-refractivity contribution in [2.45, 2.75) is 144 Å². The van der Waals surface area contributed by atoms with Crippen LogP contribution in [0.1, 0.15) is 86.6 Å². The minimum absolute atomic E-state index is 0.0269. The maximum Gasteiger partial charge on any atom is 0.246 e. The van der Waals surface area contributed by atoms with E-state index < -0.39 is 114 Å². The number of rotatable bonds is 12. The van der Waals surface area contributed by atoms with Gasteiger partial charge in [0.25, 0.3) is 0 Å². The molecule has 3 aliphatic rings. The molecule has 2 saturated heterocycles. The zero-order chi connectivity index (χ0) is 70.2. The van der Waals surface area contributed by atoms with Crippen molar-refractivity contribution in [2.75, 3.05) is 59.5 Å². The number of nitrogens with two attached hydrogens (primary N) is 1. The first kappa shape index (κ1) is 73.3. The summed E-state index contributed by atoms with van der Waals surface area (Å²) in [5.41, 5.74) is 10.8. The Balaban J connectivity index is 1.05.